The van der Waals surface area contributed by atoms with Crippen molar-refractivity contribution in [1.29, 1.82) is 0 Å². The van der Waals surface area contributed by atoms with Crippen LogP contribution >= 0.6 is 0 Å². The van der Waals surface area contributed by atoms with E-state index in [1.165, 1.54) is 20.8 Å². The van der Waals surface area contributed by atoms with E-state index >= 15 is 0 Å². The SMILES string of the molecule is CCCN(CC(=O)O)C(=O)c1cnn(C(C)(C)C)c1C(F)(F)F. The molecule has 0 aliphatic rings. The highest BCUT2D eigenvalue weighted by molar-refractivity contribution is 5.96. The molecule has 130 valence electrons. The fourth-order valence-electron chi connectivity index (χ4n) is 2.14. The van der Waals surface area contributed by atoms with Crippen LogP contribution in [0.4, 0.5) is 13.2 Å². The molecule has 0 bridgehead atoms. The second-order valence-electron chi connectivity index (χ2n) is 6.11. The van der Waals surface area contributed by atoms with Gasteiger partial charge < -0.3 is 10.0 Å². The number of amides is 1. The molecule has 0 fully saturated rings. The minimum Gasteiger partial charge on any atom is -0.480 e. The Hall–Kier alpha value is -2.06. The molecular formula is C14H20F3N3O3. The Balaban J connectivity index is 3.39. The number of carbonyl (C=O) groups excluding carboxylic acids is 1. The maximum atomic E-state index is 13.4. The maximum absolute atomic E-state index is 13.4. The third-order valence-electron chi connectivity index (χ3n) is 3.01. The van der Waals surface area contributed by atoms with Crippen LogP contribution in [0.15, 0.2) is 6.20 Å². The Morgan fingerprint density at radius 3 is 2.26 bits per heavy atom. The molecule has 6 nitrogen and oxygen atoms in total. The predicted molar refractivity (Wildman–Crippen MR) is 76.1 cm³/mol. The van der Waals surface area contributed by atoms with Crippen LogP contribution in [-0.2, 0) is 16.5 Å². The summed E-state index contributed by atoms with van der Waals surface area (Å²) in [5.74, 6) is -2.28. The van der Waals surface area contributed by atoms with Gasteiger partial charge in [0.05, 0.1) is 17.3 Å². The predicted octanol–water partition coefficient (Wildman–Crippen LogP) is 2.59. The molecular weight excluding hydrogens is 315 g/mol. The monoisotopic (exact) mass is 335 g/mol. The second-order valence-corrected chi connectivity index (χ2v) is 6.11. The van der Waals surface area contributed by atoms with E-state index in [9.17, 15) is 22.8 Å². The van der Waals surface area contributed by atoms with Crippen molar-refractivity contribution in [3.05, 3.63) is 17.5 Å². The summed E-state index contributed by atoms with van der Waals surface area (Å²) < 4.78 is 40.9. The minimum absolute atomic E-state index is 0.0448. The Kier molecular flexibility index (Phi) is 5.44. The lowest BCUT2D eigenvalue weighted by molar-refractivity contribution is -0.146. The molecule has 9 heteroatoms. The zero-order valence-corrected chi connectivity index (χ0v) is 13.4. The van der Waals surface area contributed by atoms with E-state index in [4.69, 9.17) is 5.11 Å². The molecule has 1 aromatic heterocycles. The molecule has 0 aliphatic heterocycles. The summed E-state index contributed by atoms with van der Waals surface area (Å²) >= 11 is 0. The second kappa shape index (κ2) is 6.59. The van der Waals surface area contributed by atoms with Gasteiger partial charge in [-0.1, -0.05) is 6.92 Å². The van der Waals surface area contributed by atoms with Crippen molar-refractivity contribution in [1.82, 2.24) is 14.7 Å². The lowest BCUT2D eigenvalue weighted by Gasteiger charge is -2.25. The Morgan fingerprint density at radius 2 is 1.87 bits per heavy atom. The van der Waals surface area contributed by atoms with E-state index in [0.29, 0.717) is 6.42 Å². The van der Waals surface area contributed by atoms with Crippen LogP contribution in [0, 0.1) is 0 Å². The molecule has 0 atom stereocenters. The fourth-order valence-corrected chi connectivity index (χ4v) is 2.14. The summed E-state index contributed by atoms with van der Waals surface area (Å²) in [5.41, 5.74) is -2.78. The van der Waals surface area contributed by atoms with Gasteiger partial charge in [0.15, 0.2) is 5.69 Å². The van der Waals surface area contributed by atoms with Crippen molar-refractivity contribution in [2.75, 3.05) is 13.1 Å². The maximum Gasteiger partial charge on any atom is 0.433 e. The van der Waals surface area contributed by atoms with Crippen LogP contribution in [0.3, 0.4) is 0 Å². The van der Waals surface area contributed by atoms with Crippen molar-refractivity contribution in [3.8, 4) is 0 Å². The molecule has 1 rings (SSSR count). The first-order valence-electron chi connectivity index (χ1n) is 7.06. The number of aromatic nitrogens is 2. The van der Waals surface area contributed by atoms with Gasteiger partial charge in [0.1, 0.15) is 6.54 Å². The molecule has 0 radical (unpaired) electrons. The van der Waals surface area contributed by atoms with Crippen molar-refractivity contribution in [2.45, 2.75) is 45.8 Å². The zero-order valence-electron chi connectivity index (χ0n) is 13.4. The van der Waals surface area contributed by atoms with E-state index in [1.54, 1.807) is 6.92 Å². The highest BCUT2D eigenvalue weighted by Gasteiger charge is 2.43. The normalized spacial score (nSPS) is 12.3. The number of carbonyl (C=O) groups is 2. The number of halogens is 3. The van der Waals surface area contributed by atoms with E-state index in [0.717, 1.165) is 15.8 Å². The zero-order chi connectivity index (χ0) is 18.0. The molecule has 23 heavy (non-hydrogen) atoms. The molecule has 0 aliphatic carbocycles. The third-order valence-corrected chi connectivity index (χ3v) is 3.01. The minimum atomic E-state index is -4.78. The van der Waals surface area contributed by atoms with Gasteiger partial charge in [-0.05, 0) is 27.2 Å². The van der Waals surface area contributed by atoms with Crippen LogP contribution in [-0.4, -0.2) is 44.8 Å². The van der Waals surface area contributed by atoms with E-state index in [-0.39, 0.29) is 6.54 Å². The highest BCUT2D eigenvalue weighted by Crippen LogP contribution is 2.35. The summed E-state index contributed by atoms with van der Waals surface area (Å²) in [6, 6.07) is 0. The first-order valence-corrected chi connectivity index (χ1v) is 7.06. The third kappa shape index (κ3) is 4.46. The average molecular weight is 335 g/mol. The smallest absolute Gasteiger partial charge is 0.433 e. The number of rotatable bonds is 5. The molecule has 1 heterocycles. The molecule has 1 amide bonds. The van der Waals surface area contributed by atoms with Gasteiger partial charge in [-0.2, -0.15) is 18.3 Å². The number of carboxylic acid groups (broad SMARTS) is 1. The van der Waals surface area contributed by atoms with Crippen LogP contribution in [0.25, 0.3) is 0 Å². The standard InChI is InChI=1S/C14H20F3N3O3/c1-5-6-19(8-10(21)22)12(23)9-7-18-20(13(2,3)4)11(9)14(15,16)17/h7H,5-6,8H2,1-4H3,(H,21,22). The van der Waals surface area contributed by atoms with Crippen molar-refractivity contribution < 1.29 is 27.9 Å². The van der Waals surface area contributed by atoms with Crippen molar-refractivity contribution in [3.63, 3.8) is 0 Å². The van der Waals surface area contributed by atoms with E-state index in [2.05, 4.69) is 5.10 Å². The number of hydrogen-bond donors (Lipinski definition) is 1. The Bertz CT molecular complexity index is 588. The average Bonchev–Trinajstić information content (AvgIpc) is 2.81. The van der Waals surface area contributed by atoms with Gasteiger partial charge >= 0.3 is 12.1 Å². The van der Waals surface area contributed by atoms with Gasteiger partial charge in [-0.25, -0.2) is 0 Å². The molecule has 0 saturated carbocycles. The topological polar surface area (TPSA) is 75.4 Å². The van der Waals surface area contributed by atoms with Gasteiger partial charge in [0, 0.05) is 6.54 Å². The Morgan fingerprint density at radius 1 is 1.30 bits per heavy atom. The molecule has 0 spiro atoms. The van der Waals surface area contributed by atoms with Gasteiger partial charge in [-0.15, -0.1) is 0 Å². The summed E-state index contributed by atoms with van der Waals surface area (Å²) in [7, 11) is 0. The summed E-state index contributed by atoms with van der Waals surface area (Å²) in [5, 5.41) is 12.5. The number of carboxylic acids is 1. The Labute approximate surface area is 131 Å². The van der Waals surface area contributed by atoms with Gasteiger partial charge in [-0.3, -0.25) is 14.3 Å². The summed E-state index contributed by atoms with van der Waals surface area (Å²) in [6.45, 7) is 5.68. The fraction of sp³-hybridized carbons (Fsp3) is 0.643. The van der Waals surface area contributed by atoms with Crippen LogP contribution < -0.4 is 0 Å². The quantitative estimate of drug-likeness (QED) is 0.897. The molecule has 0 saturated heterocycles. The lowest BCUT2D eigenvalue weighted by atomic mass is 10.1. The van der Waals surface area contributed by atoms with Gasteiger partial charge in [0.2, 0.25) is 0 Å². The number of alkyl halides is 3. The number of hydrogen-bond acceptors (Lipinski definition) is 3. The van der Waals surface area contributed by atoms with Crippen molar-refractivity contribution >= 4 is 11.9 Å². The van der Waals surface area contributed by atoms with Crippen LogP contribution in [0.2, 0.25) is 0 Å². The molecule has 0 aromatic carbocycles. The first-order chi connectivity index (χ1) is 10.4. The van der Waals surface area contributed by atoms with Crippen LogP contribution in [0.1, 0.15) is 50.2 Å². The van der Waals surface area contributed by atoms with Crippen LogP contribution in [0.5, 0.6) is 0 Å². The molecule has 0 unspecified atom stereocenters. The number of nitrogens with zero attached hydrogens (tertiary/aromatic N) is 3. The lowest BCUT2D eigenvalue weighted by Crippen LogP contribution is -2.38. The molecule has 1 aromatic rings. The summed E-state index contributed by atoms with van der Waals surface area (Å²) in [6.07, 6.45) is -3.51. The summed E-state index contributed by atoms with van der Waals surface area (Å²) in [4.78, 5) is 24.1. The number of aliphatic carboxylic acids is 1. The van der Waals surface area contributed by atoms with Crippen molar-refractivity contribution in [2.24, 2.45) is 0 Å². The van der Waals surface area contributed by atoms with E-state index < -0.39 is 41.4 Å². The largest absolute Gasteiger partial charge is 0.480 e. The highest BCUT2D eigenvalue weighted by atomic mass is 19.4. The van der Waals surface area contributed by atoms with E-state index in [1.807, 2.05) is 0 Å². The van der Waals surface area contributed by atoms with Gasteiger partial charge in [0.25, 0.3) is 5.91 Å². The first kappa shape index (κ1) is 19.0. The molecule has 1 N–H and O–H groups in total.